The summed E-state index contributed by atoms with van der Waals surface area (Å²) >= 11 is 0. The molecule has 0 aliphatic carbocycles. The van der Waals surface area contributed by atoms with Crippen LogP contribution < -0.4 is 10.1 Å². The number of nitrogens with one attached hydrogen (secondary N) is 2. The number of piperidine rings is 1. The first-order chi connectivity index (χ1) is 11.4. The third kappa shape index (κ3) is 3.10. The highest BCUT2D eigenvalue weighted by Gasteiger charge is 2.20. The molecule has 0 unspecified atom stereocenters. The monoisotopic (exact) mass is 306 g/mol. The molecule has 3 heteroatoms. The fraction of sp³-hybridized carbons (Fsp3) is 0.300. The fourth-order valence-electron chi connectivity index (χ4n) is 3.41. The summed E-state index contributed by atoms with van der Waals surface area (Å²) in [5.41, 5.74) is 3.75. The molecule has 0 spiro atoms. The van der Waals surface area contributed by atoms with Gasteiger partial charge in [-0.3, -0.25) is 0 Å². The Morgan fingerprint density at radius 3 is 2.65 bits per heavy atom. The van der Waals surface area contributed by atoms with Gasteiger partial charge in [-0.05, 0) is 61.2 Å². The molecule has 4 rings (SSSR count). The molecule has 2 aromatic carbocycles. The lowest BCUT2D eigenvalue weighted by Gasteiger charge is -2.25. The number of aromatic amines is 1. The summed E-state index contributed by atoms with van der Waals surface area (Å²) in [6.07, 6.45) is 4.35. The molecule has 0 radical (unpaired) electrons. The Bertz CT molecular complexity index is 773. The maximum Gasteiger partial charge on any atom is 0.124 e. The molecular weight excluding hydrogens is 284 g/mol. The predicted molar refractivity (Wildman–Crippen MR) is 93.9 cm³/mol. The van der Waals surface area contributed by atoms with E-state index in [1.165, 1.54) is 34.9 Å². The first-order valence-electron chi connectivity index (χ1n) is 8.38. The number of ether oxygens (including phenoxy) is 1. The molecule has 1 aliphatic heterocycles. The largest absolute Gasteiger partial charge is 0.489 e. The van der Waals surface area contributed by atoms with Crippen LogP contribution in [-0.4, -0.2) is 18.1 Å². The van der Waals surface area contributed by atoms with Gasteiger partial charge >= 0.3 is 0 Å². The Balaban J connectivity index is 1.65. The van der Waals surface area contributed by atoms with Crippen LogP contribution >= 0.6 is 0 Å². The molecule has 0 atom stereocenters. The van der Waals surface area contributed by atoms with Crippen molar-refractivity contribution in [3.8, 4) is 5.75 Å². The van der Waals surface area contributed by atoms with Crippen LogP contribution in [0.5, 0.6) is 5.75 Å². The van der Waals surface area contributed by atoms with Gasteiger partial charge in [0, 0.05) is 17.1 Å². The number of hydrogen-bond acceptors (Lipinski definition) is 2. The zero-order chi connectivity index (χ0) is 15.5. The van der Waals surface area contributed by atoms with E-state index in [2.05, 4.69) is 52.8 Å². The van der Waals surface area contributed by atoms with E-state index in [1.54, 1.807) is 0 Å². The Morgan fingerprint density at radius 2 is 1.83 bits per heavy atom. The van der Waals surface area contributed by atoms with Gasteiger partial charge in [0.25, 0.3) is 0 Å². The number of aromatic nitrogens is 1. The van der Waals surface area contributed by atoms with E-state index >= 15 is 0 Å². The summed E-state index contributed by atoms with van der Waals surface area (Å²) < 4.78 is 6.22. The van der Waals surface area contributed by atoms with Crippen molar-refractivity contribution in [2.24, 2.45) is 0 Å². The molecule has 2 N–H and O–H groups in total. The normalized spacial score (nSPS) is 15.8. The van der Waals surface area contributed by atoms with Crippen LogP contribution in [0.1, 0.15) is 29.9 Å². The second-order valence-electron chi connectivity index (χ2n) is 6.25. The third-order valence-corrected chi connectivity index (χ3v) is 4.70. The summed E-state index contributed by atoms with van der Waals surface area (Å²) in [5, 5.41) is 4.66. The Hall–Kier alpha value is -2.26. The molecule has 118 valence electrons. The van der Waals surface area contributed by atoms with Crippen molar-refractivity contribution in [3.63, 3.8) is 0 Å². The van der Waals surface area contributed by atoms with Crippen LogP contribution in [0.15, 0.2) is 54.7 Å². The molecule has 0 saturated carbocycles. The minimum Gasteiger partial charge on any atom is -0.489 e. The number of H-pyrrole nitrogens is 1. The molecule has 0 bridgehead atoms. The predicted octanol–water partition coefficient (Wildman–Crippen LogP) is 4.21. The highest BCUT2D eigenvalue weighted by molar-refractivity contribution is 5.82. The lowest BCUT2D eigenvalue weighted by Crippen LogP contribution is -2.26. The number of hydrogen-bond donors (Lipinski definition) is 2. The minimum absolute atomic E-state index is 0.578. The van der Waals surface area contributed by atoms with Gasteiger partial charge in [-0.15, -0.1) is 0 Å². The van der Waals surface area contributed by atoms with Crippen LogP contribution in [0.4, 0.5) is 0 Å². The highest BCUT2D eigenvalue weighted by atomic mass is 16.5. The van der Waals surface area contributed by atoms with Crippen LogP contribution in [0, 0.1) is 0 Å². The molecule has 2 heterocycles. The standard InChI is InChI=1S/C20H22N2O/c1-2-4-15(5-3-1)14-23-20-12-17-8-11-22-19(17)13-18(20)16-6-9-21-10-7-16/h1-5,8,11-13,16,21-22H,6-7,9-10,14H2. The minimum atomic E-state index is 0.578. The molecule has 0 amide bonds. The van der Waals surface area contributed by atoms with Crippen LogP contribution in [0.25, 0.3) is 10.9 Å². The number of fused-ring (bicyclic) bond motifs is 1. The van der Waals surface area contributed by atoms with E-state index in [0.29, 0.717) is 12.5 Å². The van der Waals surface area contributed by atoms with Crippen molar-refractivity contribution in [3.05, 3.63) is 65.9 Å². The quantitative estimate of drug-likeness (QED) is 0.757. The SMILES string of the molecule is c1ccc(COc2cc3cc[nH]c3cc2C2CCNCC2)cc1. The summed E-state index contributed by atoms with van der Waals surface area (Å²) in [6.45, 7) is 2.80. The van der Waals surface area contributed by atoms with Crippen molar-refractivity contribution in [2.75, 3.05) is 13.1 Å². The third-order valence-electron chi connectivity index (χ3n) is 4.70. The van der Waals surface area contributed by atoms with Gasteiger partial charge in [-0.2, -0.15) is 0 Å². The Labute approximate surface area is 136 Å². The van der Waals surface area contributed by atoms with Crippen molar-refractivity contribution < 1.29 is 4.74 Å². The van der Waals surface area contributed by atoms with E-state index in [9.17, 15) is 0 Å². The van der Waals surface area contributed by atoms with Crippen molar-refractivity contribution in [1.29, 1.82) is 0 Å². The second kappa shape index (κ2) is 6.47. The first kappa shape index (κ1) is 14.3. The molecule has 1 aromatic heterocycles. The van der Waals surface area contributed by atoms with E-state index in [4.69, 9.17) is 4.74 Å². The first-order valence-corrected chi connectivity index (χ1v) is 8.38. The van der Waals surface area contributed by atoms with Crippen LogP contribution in [0.2, 0.25) is 0 Å². The summed E-state index contributed by atoms with van der Waals surface area (Å²) in [4.78, 5) is 3.33. The smallest absolute Gasteiger partial charge is 0.124 e. The molecular formula is C20H22N2O. The highest BCUT2D eigenvalue weighted by Crippen LogP contribution is 2.36. The van der Waals surface area contributed by atoms with Crippen molar-refractivity contribution in [1.82, 2.24) is 10.3 Å². The summed E-state index contributed by atoms with van der Waals surface area (Å²) in [7, 11) is 0. The second-order valence-corrected chi connectivity index (χ2v) is 6.25. The van der Waals surface area contributed by atoms with Gasteiger partial charge in [0.15, 0.2) is 0 Å². The van der Waals surface area contributed by atoms with Crippen molar-refractivity contribution in [2.45, 2.75) is 25.4 Å². The zero-order valence-electron chi connectivity index (χ0n) is 13.2. The lowest BCUT2D eigenvalue weighted by atomic mass is 9.89. The van der Waals surface area contributed by atoms with E-state index in [0.717, 1.165) is 18.8 Å². The lowest BCUT2D eigenvalue weighted by molar-refractivity contribution is 0.298. The van der Waals surface area contributed by atoms with E-state index in [-0.39, 0.29) is 0 Å². The van der Waals surface area contributed by atoms with Gasteiger partial charge in [0.1, 0.15) is 12.4 Å². The van der Waals surface area contributed by atoms with Gasteiger partial charge in [0.2, 0.25) is 0 Å². The summed E-state index contributed by atoms with van der Waals surface area (Å²) in [5.74, 6) is 1.61. The average Bonchev–Trinajstić information content (AvgIpc) is 3.08. The van der Waals surface area contributed by atoms with Gasteiger partial charge in [0.05, 0.1) is 0 Å². The van der Waals surface area contributed by atoms with Gasteiger partial charge < -0.3 is 15.0 Å². The Morgan fingerprint density at radius 1 is 1.00 bits per heavy atom. The molecule has 1 saturated heterocycles. The molecule has 1 aliphatic rings. The van der Waals surface area contributed by atoms with E-state index in [1.807, 2.05) is 12.3 Å². The van der Waals surface area contributed by atoms with Crippen LogP contribution in [0.3, 0.4) is 0 Å². The summed E-state index contributed by atoms with van der Waals surface area (Å²) in [6, 6.07) is 17.0. The zero-order valence-corrected chi connectivity index (χ0v) is 13.2. The number of rotatable bonds is 4. The number of benzene rings is 2. The maximum atomic E-state index is 6.22. The van der Waals surface area contributed by atoms with Crippen molar-refractivity contribution >= 4 is 10.9 Å². The van der Waals surface area contributed by atoms with Crippen LogP contribution in [-0.2, 0) is 6.61 Å². The molecule has 1 fully saturated rings. The van der Waals surface area contributed by atoms with Gasteiger partial charge in [-0.25, -0.2) is 0 Å². The molecule has 3 aromatic rings. The topological polar surface area (TPSA) is 37.0 Å². The van der Waals surface area contributed by atoms with E-state index < -0.39 is 0 Å². The Kier molecular flexibility index (Phi) is 4.03. The maximum absolute atomic E-state index is 6.22. The molecule has 3 nitrogen and oxygen atoms in total. The molecule has 23 heavy (non-hydrogen) atoms. The average molecular weight is 306 g/mol. The fourth-order valence-corrected chi connectivity index (χ4v) is 3.41. The van der Waals surface area contributed by atoms with Gasteiger partial charge in [-0.1, -0.05) is 30.3 Å².